The molecule has 0 bridgehead atoms. The number of hydrogen-bond donors (Lipinski definition) is 1. The van der Waals surface area contributed by atoms with E-state index in [1.807, 2.05) is 0 Å². The van der Waals surface area contributed by atoms with E-state index < -0.39 is 12.6 Å². The minimum absolute atomic E-state index is 0.281. The third-order valence-corrected chi connectivity index (χ3v) is 5.50. The lowest BCUT2D eigenvalue weighted by Crippen LogP contribution is -2.27. The van der Waals surface area contributed by atoms with Crippen molar-refractivity contribution in [3.8, 4) is 5.75 Å². The maximum absolute atomic E-state index is 12.9. The van der Waals surface area contributed by atoms with Gasteiger partial charge in [0, 0.05) is 15.1 Å². The molecule has 2 aromatic rings. The molecule has 1 heterocycles. The van der Waals surface area contributed by atoms with Crippen molar-refractivity contribution in [3.63, 3.8) is 0 Å². The Morgan fingerprint density at radius 2 is 2.11 bits per heavy atom. The Bertz CT molecular complexity index is 980. The van der Waals surface area contributed by atoms with Crippen LogP contribution in [0.4, 0.5) is 5.69 Å². The van der Waals surface area contributed by atoms with E-state index in [1.54, 1.807) is 48.5 Å². The maximum Gasteiger partial charge on any atom is 0.341 e. The molecule has 0 aromatic heterocycles. The second-order valence-electron chi connectivity index (χ2n) is 5.36. The van der Waals surface area contributed by atoms with Crippen LogP contribution < -0.4 is 9.64 Å². The van der Waals surface area contributed by atoms with E-state index in [2.05, 4.69) is 15.9 Å². The molecule has 1 fully saturated rings. The molecule has 0 unspecified atom stereocenters. The third kappa shape index (κ3) is 4.70. The van der Waals surface area contributed by atoms with E-state index >= 15 is 0 Å². The number of ether oxygens (including phenoxy) is 1. The summed E-state index contributed by atoms with van der Waals surface area (Å²) in [5.41, 5.74) is 1.15. The van der Waals surface area contributed by atoms with Crippen molar-refractivity contribution in [1.82, 2.24) is 0 Å². The molecular formula is C18H11BrClNO4S2. The largest absolute Gasteiger partial charge is 0.481 e. The van der Waals surface area contributed by atoms with Gasteiger partial charge in [-0.3, -0.25) is 9.69 Å². The number of thiocarbonyl (C=S) groups is 1. The molecule has 138 valence electrons. The van der Waals surface area contributed by atoms with Crippen LogP contribution in [0.15, 0.2) is 51.8 Å². The number of aliphatic carboxylic acids is 1. The summed E-state index contributed by atoms with van der Waals surface area (Å²) in [6.07, 6.45) is 1.63. The highest BCUT2D eigenvalue weighted by Crippen LogP contribution is 2.38. The van der Waals surface area contributed by atoms with Crippen molar-refractivity contribution >= 4 is 79.5 Å². The minimum atomic E-state index is -1.09. The number of carbonyl (C=O) groups is 2. The van der Waals surface area contributed by atoms with E-state index in [9.17, 15) is 9.59 Å². The fourth-order valence-corrected chi connectivity index (χ4v) is 4.20. The normalized spacial score (nSPS) is 15.5. The van der Waals surface area contributed by atoms with Gasteiger partial charge >= 0.3 is 5.97 Å². The van der Waals surface area contributed by atoms with Gasteiger partial charge in [0.25, 0.3) is 5.91 Å². The fraction of sp³-hybridized carbons (Fsp3) is 0.0556. The number of carboxylic acid groups (broad SMARTS) is 1. The number of nitrogens with zero attached hydrogens (tertiary/aromatic N) is 1. The molecule has 1 saturated heterocycles. The molecule has 0 radical (unpaired) electrons. The summed E-state index contributed by atoms with van der Waals surface area (Å²) < 4.78 is 6.45. The van der Waals surface area contributed by atoms with Gasteiger partial charge in [-0.15, -0.1) is 0 Å². The summed E-state index contributed by atoms with van der Waals surface area (Å²) in [5.74, 6) is -1.01. The first-order chi connectivity index (χ1) is 12.8. The smallest absolute Gasteiger partial charge is 0.341 e. The van der Waals surface area contributed by atoms with Crippen LogP contribution in [0.1, 0.15) is 5.56 Å². The highest BCUT2D eigenvalue weighted by molar-refractivity contribution is 9.10. The second kappa shape index (κ2) is 8.43. The van der Waals surface area contributed by atoms with Gasteiger partial charge in [0.05, 0.1) is 10.6 Å². The topological polar surface area (TPSA) is 66.8 Å². The van der Waals surface area contributed by atoms with E-state index in [0.29, 0.717) is 31.2 Å². The van der Waals surface area contributed by atoms with Crippen molar-refractivity contribution < 1.29 is 19.4 Å². The average molecular weight is 485 g/mol. The maximum atomic E-state index is 12.9. The highest BCUT2D eigenvalue weighted by atomic mass is 79.9. The van der Waals surface area contributed by atoms with E-state index in [4.69, 9.17) is 33.7 Å². The van der Waals surface area contributed by atoms with Gasteiger partial charge in [-0.1, -0.05) is 57.6 Å². The Morgan fingerprint density at radius 3 is 2.81 bits per heavy atom. The molecule has 1 aliphatic rings. The zero-order chi connectivity index (χ0) is 19.6. The Kier molecular flexibility index (Phi) is 6.21. The molecule has 9 heteroatoms. The molecule has 3 rings (SSSR count). The first-order valence-corrected chi connectivity index (χ1v) is 9.92. The molecule has 0 saturated carbocycles. The van der Waals surface area contributed by atoms with Crippen molar-refractivity contribution in [2.75, 3.05) is 11.5 Å². The van der Waals surface area contributed by atoms with E-state index in [-0.39, 0.29) is 5.91 Å². The molecule has 1 amide bonds. The lowest BCUT2D eigenvalue weighted by molar-refractivity contribution is -0.139. The van der Waals surface area contributed by atoms with Gasteiger partial charge in [0.2, 0.25) is 0 Å². The summed E-state index contributed by atoms with van der Waals surface area (Å²) >= 11 is 15.9. The number of carbonyl (C=O) groups excluding carboxylic acids is 1. The average Bonchev–Trinajstić information content (AvgIpc) is 2.87. The number of thioether (sulfide) groups is 1. The number of carboxylic acids is 1. The van der Waals surface area contributed by atoms with Crippen LogP contribution in [0.2, 0.25) is 5.02 Å². The summed E-state index contributed by atoms with van der Waals surface area (Å²) in [6, 6.07) is 12.0. The number of hydrogen-bond acceptors (Lipinski definition) is 5. The van der Waals surface area contributed by atoms with Gasteiger partial charge in [-0.05, 0) is 42.5 Å². The molecule has 1 N–H and O–H groups in total. The Balaban J connectivity index is 1.94. The monoisotopic (exact) mass is 483 g/mol. The standard InChI is InChI=1S/C18H11BrClNO4S2/c19-11-4-5-14(25-9-16(22)23)10(6-11)7-15-17(24)21(18(26)27-15)13-3-1-2-12(20)8-13/h1-8H,9H2,(H,22,23)/b15-7-. The third-order valence-electron chi connectivity index (χ3n) is 3.47. The van der Waals surface area contributed by atoms with Crippen molar-refractivity contribution in [3.05, 3.63) is 62.4 Å². The first-order valence-electron chi connectivity index (χ1n) is 7.53. The van der Waals surface area contributed by atoms with Gasteiger partial charge in [-0.25, -0.2) is 4.79 Å². The Morgan fingerprint density at radius 1 is 1.33 bits per heavy atom. The summed E-state index contributed by atoms with van der Waals surface area (Å²) in [6.45, 7) is -0.480. The lowest BCUT2D eigenvalue weighted by Gasteiger charge is -2.14. The molecule has 0 atom stereocenters. The number of rotatable bonds is 5. The van der Waals surface area contributed by atoms with Crippen LogP contribution >= 0.6 is 51.5 Å². The van der Waals surface area contributed by atoms with Crippen LogP contribution in [0.3, 0.4) is 0 Å². The number of amides is 1. The fourth-order valence-electron chi connectivity index (χ4n) is 2.35. The molecular weight excluding hydrogens is 474 g/mol. The van der Waals surface area contributed by atoms with Gasteiger partial charge in [0.1, 0.15) is 5.75 Å². The Labute approximate surface area is 178 Å². The number of anilines is 1. The van der Waals surface area contributed by atoms with Crippen molar-refractivity contribution in [2.24, 2.45) is 0 Å². The van der Waals surface area contributed by atoms with Crippen LogP contribution in [0, 0.1) is 0 Å². The predicted octanol–water partition coefficient (Wildman–Crippen LogP) is 4.97. The molecule has 1 aliphatic heterocycles. The number of benzene rings is 2. The van der Waals surface area contributed by atoms with E-state index in [1.165, 1.54) is 4.90 Å². The molecule has 0 aliphatic carbocycles. The highest BCUT2D eigenvalue weighted by Gasteiger charge is 2.33. The molecule has 2 aromatic carbocycles. The Hall–Kier alpha value is -1.87. The van der Waals surface area contributed by atoms with E-state index in [0.717, 1.165) is 16.2 Å². The zero-order valence-corrected chi connectivity index (χ0v) is 17.5. The quantitative estimate of drug-likeness (QED) is 0.477. The van der Waals surface area contributed by atoms with Crippen molar-refractivity contribution in [2.45, 2.75) is 0 Å². The second-order valence-corrected chi connectivity index (χ2v) is 8.39. The van der Waals surface area contributed by atoms with Gasteiger partial charge < -0.3 is 9.84 Å². The van der Waals surface area contributed by atoms with Gasteiger partial charge in [0.15, 0.2) is 10.9 Å². The molecule has 0 spiro atoms. The first kappa shape index (κ1) is 19.9. The minimum Gasteiger partial charge on any atom is -0.481 e. The molecule has 27 heavy (non-hydrogen) atoms. The number of halogens is 2. The summed E-state index contributed by atoms with van der Waals surface area (Å²) in [7, 11) is 0. The summed E-state index contributed by atoms with van der Waals surface area (Å²) in [4.78, 5) is 25.4. The van der Waals surface area contributed by atoms with Crippen LogP contribution in [0.25, 0.3) is 6.08 Å². The van der Waals surface area contributed by atoms with Gasteiger partial charge in [-0.2, -0.15) is 0 Å². The predicted molar refractivity (Wildman–Crippen MR) is 114 cm³/mol. The summed E-state index contributed by atoms with van der Waals surface area (Å²) in [5, 5.41) is 9.32. The van der Waals surface area contributed by atoms with Crippen LogP contribution in [-0.2, 0) is 9.59 Å². The van der Waals surface area contributed by atoms with Crippen LogP contribution in [0.5, 0.6) is 5.75 Å². The van der Waals surface area contributed by atoms with Crippen molar-refractivity contribution in [1.29, 1.82) is 0 Å². The lowest BCUT2D eigenvalue weighted by atomic mass is 10.2. The molecule has 5 nitrogen and oxygen atoms in total. The van der Waals surface area contributed by atoms with Crippen LogP contribution in [-0.4, -0.2) is 27.9 Å². The SMILES string of the molecule is O=C(O)COc1ccc(Br)cc1/C=C1\SC(=S)N(c2cccc(Cl)c2)C1=O. The zero-order valence-electron chi connectivity index (χ0n) is 13.5.